The average Bonchev–Trinajstić information content (AvgIpc) is 3.49. The molecular weight excluding hydrogens is 491 g/mol. The van der Waals surface area contributed by atoms with Gasteiger partial charge in [-0.3, -0.25) is 14.6 Å². The molecule has 4 rings (SSSR count). The fourth-order valence-corrected chi connectivity index (χ4v) is 3.60. The second-order valence-corrected chi connectivity index (χ2v) is 8.06. The summed E-state index contributed by atoms with van der Waals surface area (Å²) < 4.78 is 33.7. The quantitative estimate of drug-likeness (QED) is 0.297. The number of nitrogens with one attached hydrogen (secondary N) is 2. The second-order valence-electron chi connectivity index (χ2n) is 8.06. The molecule has 194 valence electrons. The van der Waals surface area contributed by atoms with Gasteiger partial charge in [0.15, 0.2) is 0 Å². The molecule has 0 aliphatic carbocycles. The number of hydrogen-bond acceptors (Lipinski definition) is 4. The molecule has 0 bridgehead atoms. The van der Waals surface area contributed by atoms with Crippen LogP contribution in [0.3, 0.4) is 0 Å². The lowest BCUT2D eigenvalue weighted by Gasteiger charge is -2.16. The van der Waals surface area contributed by atoms with E-state index in [9.17, 15) is 22.8 Å². The van der Waals surface area contributed by atoms with E-state index in [2.05, 4.69) is 15.3 Å². The Morgan fingerprint density at radius 3 is 2.32 bits per heavy atom. The zero-order chi connectivity index (χ0) is 27.2. The Hall–Kier alpha value is -4.61. The van der Waals surface area contributed by atoms with Gasteiger partial charge in [-0.1, -0.05) is 0 Å². The number of pyridine rings is 1. The molecule has 0 saturated heterocycles. The van der Waals surface area contributed by atoms with Gasteiger partial charge in [0, 0.05) is 59.1 Å². The number of carboxylic acid groups (broad SMARTS) is 1. The van der Waals surface area contributed by atoms with E-state index in [1.54, 1.807) is 18.5 Å². The molecule has 1 atom stereocenters. The van der Waals surface area contributed by atoms with Crippen LogP contribution in [0.15, 0.2) is 67.3 Å². The van der Waals surface area contributed by atoms with Crippen molar-refractivity contribution in [3.63, 3.8) is 0 Å². The van der Waals surface area contributed by atoms with Crippen LogP contribution >= 0.6 is 0 Å². The van der Waals surface area contributed by atoms with Crippen LogP contribution in [0.4, 0.5) is 13.2 Å². The number of H-pyrrole nitrogens is 1. The third-order valence-electron chi connectivity index (χ3n) is 5.52. The molecule has 37 heavy (non-hydrogen) atoms. The van der Waals surface area contributed by atoms with Gasteiger partial charge in [0.25, 0.3) is 5.91 Å². The van der Waals surface area contributed by atoms with E-state index in [0.29, 0.717) is 18.5 Å². The molecule has 0 aliphatic rings. The van der Waals surface area contributed by atoms with Crippen molar-refractivity contribution in [2.75, 3.05) is 0 Å². The van der Waals surface area contributed by atoms with Crippen molar-refractivity contribution in [3.05, 3.63) is 78.4 Å². The molecule has 9 nitrogen and oxygen atoms in total. The number of primary amides is 1. The Morgan fingerprint density at radius 2 is 1.76 bits per heavy atom. The van der Waals surface area contributed by atoms with Gasteiger partial charge in [0.05, 0.1) is 0 Å². The van der Waals surface area contributed by atoms with E-state index in [1.807, 2.05) is 60.3 Å². The Labute approximate surface area is 209 Å². The number of aliphatic carboxylic acids is 1. The predicted octanol–water partition coefficient (Wildman–Crippen LogP) is 3.65. The highest BCUT2D eigenvalue weighted by Crippen LogP contribution is 2.30. The minimum absolute atomic E-state index is 0.320. The number of amides is 2. The van der Waals surface area contributed by atoms with E-state index in [4.69, 9.17) is 15.6 Å². The number of aromatic amines is 1. The van der Waals surface area contributed by atoms with Crippen LogP contribution in [0.2, 0.25) is 0 Å². The van der Waals surface area contributed by atoms with E-state index in [1.165, 1.54) is 0 Å². The largest absolute Gasteiger partial charge is 0.490 e. The number of aryl methyl sites for hydroxylation is 2. The maximum absolute atomic E-state index is 12.8. The molecule has 0 radical (unpaired) electrons. The highest BCUT2D eigenvalue weighted by atomic mass is 19.4. The predicted molar refractivity (Wildman–Crippen MR) is 129 cm³/mol. The summed E-state index contributed by atoms with van der Waals surface area (Å²) in [7, 11) is 0. The molecule has 4 aromatic rings. The first kappa shape index (κ1) is 27.0. The van der Waals surface area contributed by atoms with Gasteiger partial charge in [0.2, 0.25) is 5.91 Å². The highest BCUT2D eigenvalue weighted by Gasteiger charge is 2.38. The summed E-state index contributed by atoms with van der Waals surface area (Å²) in [6.07, 6.45) is 2.65. The van der Waals surface area contributed by atoms with Crippen molar-refractivity contribution in [2.45, 2.75) is 32.1 Å². The van der Waals surface area contributed by atoms with Gasteiger partial charge in [0.1, 0.15) is 6.04 Å². The Morgan fingerprint density at radius 1 is 1.14 bits per heavy atom. The molecule has 5 N–H and O–H groups in total. The van der Waals surface area contributed by atoms with Crippen LogP contribution in [0, 0.1) is 6.92 Å². The van der Waals surface area contributed by atoms with Crippen molar-refractivity contribution >= 4 is 28.7 Å². The molecule has 3 aromatic heterocycles. The number of fused-ring (bicyclic) bond motifs is 1. The first-order chi connectivity index (χ1) is 17.5. The number of carbonyl (C=O) groups excluding carboxylic acids is 2. The monoisotopic (exact) mass is 515 g/mol. The summed E-state index contributed by atoms with van der Waals surface area (Å²) >= 11 is 0. The number of nitrogens with two attached hydrogens (primary N) is 1. The molecule has 0 fully saturated rings. The number of carboxylic acids is 1. The van der Waals surface area contributed by atoms with Gasteiger partial charge in [-0.05, 0) is 61.4 Å². The average molecular weight is 515 g/mol. The van der Waals surface area contributed by atoms with Crippen LogP contribution in [0.25, 0.3) is 22.2 Å². The first-order valence-electron chi connectivity index (χ1n) is 11.0. The zero-order valence-electron chi connectivity index (χ0n) is 19.6. The summed E-state index contributed by atoms with van der Waals surface area (Å²) in [5.41, 5.74) is 10.0. The summed E-state index contributed by atoms with van der Waals surface area (Å²) in [4.78, 5) is 41.0. The number of rotatable bonds is 7. The molecule has 2 amide bonds. The summed E-state index contributed by atoms with van der Waals surface area (Å²) in [6.45, 7) is 2.60. The van der Waals surface area contributed by atoms with Gasteiger partial charge in [-0.15, -0.1) is 0 Å². The van der Waals surface area contributed by atoms with Crippen molar-refractivity contribution in [1.29, 1.82) is 0 Å². The SMILES string of the molecule is Cc1c(-c2ccncc2)[nH]c2ccc(C(=O)N[C@@H](CCn3cccc3)C(N)=O)cc12.O=C(O)C(F)(F)F. The fraction of sp³-hybridized carbons (Fsp3) is 0.200. The van der Waals surface area contributed by atoms with Crippen molar-refractivity contribution in [3.8, 4) is 11.3 Å². The first-order valence-corrected chi connectivity index (χ1v) is 11.0. The molecule has 0 spiro atoms. The van der Waals surface area contributed by atoms with Crippen LogP contribution in [-0.4, -0.2) is 49.6 Å². The lowest BCUT2D eigenvalue weighted by molar-refractivity contribution is -0.192. The van der Waals surface area contributed by atoms with E-state index >= 15 is 0 Å². The molecule has 0 aliphatic heterocycles. The van der Waals surface area contributed by atoms with E-state index < -0.39 is 24.1 Å². The summed E-state index contributed by atoms with van der Waals surface area (Å²) in [5, 5.41) is 10.9. The summed E-state index contributed by atoms with van der Waals surface area (Å²) in [5.74, 6) is -3.62. The molecule has 0 unspecified atom stereocenters. The number of halogens is 3. The smallest absolute Gasteiger partial charge is 0.475 e. The van der Waals surface area contributed by atoms with Crippen molar-refractivity contribution in [1.82, 2.24) is 19.9 Å². The topological polar surface area (TPSA) is 143 Å². The maximum Gasteiger partial charge on any atom is 0.490 e. The Kier molecular flexibility index (Phi) is 8.33. The third kappa shape index (κ3) is 6.97. The van der Waals surface area contributed by atoms with Crippen LogP contribution in [0.5, 0.6) is 0 Å². The number of carbonyl (C=O) groups is 3. The van der Waals surface area contributed by atoms with E-state index in [-0.39, 0.29) is 5.91 Å². The minimum atomic E-state index is -5.08. The van der Waals surface area contributed by atoms with Gasteiger partial charge in [-0.2, -0.15) is 13.2 Å². The lowest BCUT2D eigenvalue weighted by atomic mass is 10.1. The molecule has 0 saturated carbocycles. The number of hydrogen-bond donors (Lipinski definition) is 4. The number of alkyl halides is 3. The molecular formula is C25H24F3N5O4. The number of benzene rings is 1. The minimum Gasteiger partial charge on any atom is -0.475 e. The number of aromatic nitrogens is 3. The van der Waals surface area contributed by atoms with Gasteiger partial charge in [-0.25, -0.2) is 4.79 Å². The normalized spacial score (nSPS) is 11.9. The Balaban J connectivity index is 0.000000479. The Bertz CT molecular complexity index is 1380. The van der Waals surface area contributed by atoms with Crippen molar-refractivity contribution in [2.24, 2.45) is 5.73 Å². The van der Waals surface area contributed by atoms with Crippen LogP contribution < -0.4 is 11.1 Å². The molecule has 1 aromatic carbocycles. The summed E-state index contributed by atoms with van der Waals surface area (Å²) in [6, 6.07) is 12.4. The maximum atomic E-state index is 12.8. The van der Waals surface area contributed by atoms with Gasteiger partial charge >= 0.3 is 12.1 Å². The van der Waals surface area contributed by atoms with Crippen LogP contribution in [0.1, 0.15) is 22.3 Å². The molecule has 12 heteroatoms. The van der Waals surface area contributed by atoms with Gasteiger partial charge < -0.3 is 25.7 Å². The van der Waals surface area contributed by atoms with E-state index in [0.717, 1.165) is 27.7 Å². The lowest BCUT2D eigenvalue weighted by Crippen LogP contribution is -2.45. The number of nitrogens with zero attached hydrogens (tertiary/aromatic N) is 2. The zero-order valence-corrected chi connectivity index (χ0v) is 19.6. The standard InChI is InChI=1S/C23H23N5O2.C2HF3O2/c1-15-18-14-17(4-5-19(18)26-21(15)16-6-9-25-10-7-16)23(30)27-20(22(24)29)8-13-28-11-2-3-12-28;3-2(4,5)1(6)7/h2-7,9-12,14,20,26H,8,13H2,1H3,(H2,24,29)(H,27,30);(H,6,7)/t20-;/m0./s1. The van der Waals surface area contributed by atoms with Crippen LogP contribution in [-0.2, 0) is 16.1 Å². The third-order valence-corrected chi connectivity index (χ3v) is 5.52. The molecule has 3 heterocycles. The second kappa shape index (κ2) is 11.4. The highest BCUT2D eigenvalue weighted by molar-refractivity contribution is 6.01. The fourth-order valence-electron chi connectivity index (χ4n) is 3.60. The van der Waals surface area contributed by atoms with Crippen molar-refractivity contribution < 1.29 is 32.7 Å².